The largest absolute Gasteiger partial charge is 0.392 e. The normalized spacial score (nSPS) is 48.3. The van der Waals surface area contributed by atoms with E-state index in [1.165, 1.54) is 45.1 Å². The van der Waals surface area contributed by atoms with E-state index in [0.717, 1.165) is 62.3 Å². The van der Waals surface area contributed by atoms with E-state index in [1.54, 1.807) is 5.57 Å². The molecule has 5 aliphatic rings. The molecule has 0 aromatic carbocycles. The second kappa shape index (κ2) is 7.84. The molecule has 0 radical (unpaired) electrons. The molecule has 4 fully saturated rings. The molecule has 0 amide bonds. The number of hydrogen-bond acceptors (Lipinski definition) is 3. The van der Waals surface area contributed by atoms with E-state index in [4.69, 9.17) is 4.74 Å². The van der Waals surface area contributed by atoms with Gasteiger partial charge >= 0.3 is 0 Å². The number of morpholine rings is 1. The molecule has 1 N–H and O–H groups in total. The van der Waals surface area contributed by atoms with Crippen molar-refractivity contribution >= 4 is 0 Å². The van der Waals surface area contributed by atoms with Crippen LogP contribution in [0.15, 0.2) is 11.6 Å². The third-order valence-electron chi connectivity index (χ3n) is 11.3. The number of allylic oxidation sites excluding steroid dienone is 1. The zero-order valence-electron chi connectivity index (χ0n) is 20.8. The minimum Gasteiger partial charge on any atom is -0.392 e. The number of hydrogen-bond donors (Lipinski definition) is 1. The van der Waals surface area contributed by atoms with E-state index in [1.807, 2.05) is 0 Å². The average Bonchev–Trinajstić information content (AvgIpc) is 3.09. The molecule has 1 heterocycles. The topological polar surface area (TPSA) is 32.7 Å². The van der Waals surface area contributed by atoms with Crippen molar-refractivity contribution in [3.05, 3.63) is 11.6 Å². The van der Waals surface area contributed by atoms with Gasteiger partial charge in [0.2, 0.25) is 0 Å². The van der Waals surface area contributed by atoms with Crippen LogP contribution in [-0.2, 0) is 4.74 Å². The third kappa shape index (κ3) is 3.39. The quantitative estimate of drug-likeness (QED) is 0.599. The molecule has 0 spiro atoms. The van der Waals surface area contributed by atoms with Gasteiger partial charge in [0.05, 0.1) is 19.3 Å². The summed E-state index contributed by atoms with van der Waals surface area (Å²) in [6.45, 7) is 17.7. The molecule has 176 valence electrons. The zero-order chi connectivity index (χ0) is 22.0. The summed E-state index contributed by atoms with van der Waals surface area (Å²) in [5.74, 6) is 4.25. The van der Waals surface area contributed by atoms with Gasteiger partial charge in [-0.05, 0) is 85.4 Å². The third-order valence-corrected chi connectivity index (χ3v) is 11.3. The molecule has 1 saturated heterocycles. The number of nitrogens with zero attached hydrogens (tertiary/aromatic N) is 1. The van der Waals surface area contributed by atoms with Crippen molar-refractivity contribution in [2.24, 2.45) is 45.8 Å². The van der Waals surface area contributed by atoms with Crippen LogP contribution in [0.3, 0.4) is 0 Å². The molecular weight excluding hydrogens is 382 g/mol. The van der Waals surface area contributed by atoms with Crippen LogP contribution < -0.4 is 0 Å². The highest BCUT2D eigenvalue weighted by Crippen LogP contribution is 2.68. The molecule has 1 aliphatic heterocycles. The summed E-state index contributed by atoms with van der Waals surface area (Å²) < 4.78 is 5.58. The number of rotatable bonds is 3. The van der Waals surface area contributed by atoms with Crippen LogP contribution in [0.5, 0.6) is 0 Å². The van der Waals surface area contributed by atoms with Crippen LogP contribution in [0.2, 0.25) is 0 Å². The maximum absolute atomic E-state index is 10.8. The Kier molecular flexibility index (Phi) is 5.67. The van der Waals surface area contributed by atoms with Gasteiger partial charge in [-0.1, -0.05) is 46.3 Å². The van der Waals surface area contributed by atoms with E-state index in [0.29, 0.717) is 10.8 Å². The van der Waals surface area contributed by atoms with Crippen molar-refractivity contribution in [1.82, 2.24) is 4.90 Å². The second-order valence-corrected chi connectivity index (χ2v) is 13.0. The summed E-state index contributed by atoms with van der Waals surface area (Å²) in [4.78, 5) is 2.66. The average molecular weight is 430 g/mol. The van der Waals surface area contributed by atoms with Crippen LogP contribution in [0.4, 0.5) is 0 Å². The maximum atomic E-state index is 10.8. The van der Waals surface area contributed by atoms with Gasteiger partial charge in [0.25, 0.3) is 0 Å². The molecule has 0 aromatic heterocycles. The van der Waals surface area contributed by atoms with E-state index >= 15 is 0 Å². The summed E-state index contributed by atoms with van der Waals surface area (Å²) in [5, 5.41) is 10.8. The lowest BCUT2D eigenvalue weighted by Crippen LogP contribution is -2.54. The van der Waals surface area contributed by atoms with Gasteiger partial charge < -0.3 is 9.84 Å². The Morgan fingerprint density at radius 1 is 1.03 bits per heavy atom. The first-order chi connectivity index (χ1) is 14.7. The molecule has 4 aliphatic carbocycles. The van der Waals surface area contributed by atoms with Crippen LogP contribution in [0.1, 0.15) is 79.6 Å². The van der Waals surface area contributed by atoms with E-state index in [2.05, 4.69) is 45.6 Å². The Hall–Kier alpha value is -0.380. The van der Waals surface area contributed by atoms with Gasteiger partial charge in [0.15, 0.2) is 0 Å². The van der Waals surface area contributed by atoms with Crippen molar-refractivity contribution in [2.75, 3.05) is 32.8 Å². The smallest absolute Gasteiger partial charge is 0.0628 e. The summed E-state index contributed by atoms with van der Waals surface area (Å²) in [6.07, 6.45) is 11.6. The van der Waals surface area contributed by atoms with E-state index in [9.17, 15) is 5.11 Å². The number of aliphatic hydroxyl groups is 1. The van der Waals surface area contributed by atoms with E-state index < -0.39 is 0 Å². The minimum absolute atomic E-state index is 0.0520. The van der Waals surface area contributed by atoms with E-state index in [-0.39, 0.29) is 11.5 Å². The first-order valence-electron chi connectivity index (χ1n) is 13.4. The zero-order valence-corrected chi connectivity index (χ0v) is 20.8. The fourth-order valence-corrected chi connectivity index (χ4v) is 9.68. The van der Waals surface area contributed by atoms with Gasteiger partial charge in [0, 0.05) is 25.0 Å². The van der Waals surface area contributed by atoms with Crippen LogP contribution >= 0.6 is 0 Å². The lowest BCUT2D eigenvalue weighted by molar-refractivity contribution is -0.0797. The minimum atomic E-state index is -0.172. The predicted octanol–water partition coefficient (Wildman–Crippen LogP) is 5.53. The molecule has 3 nitrogen and oxygen atoms in total. The van der Waals surface area contributed by atoms with Crippen LogP contribution in [0, 0.1) is 45.8 Å². The molecule has 5 rings (SSSR count). The van der Waals surface area contributed by atoms with Crippen molar-refractivity contribution in [2.45, 2.75) is 85.7 Å². The second-order valence-electron chi connectivity index (χ2n) is 13.0. The van der Waals surface area contributed by atoms with Crippen molar-refractivity contribution in [3.8, 4) is 0 Å². The van der Waals surface area contributed by atoms with Gasteiger partial charge in [-0.2, -0.15) is 0 Å². The Labute approximate surface area is 191 Å². The molecule has 3 saturated carbocycles. The van der Waals surface area contributed by atoms with Gasteiger partial charge in [-0.3, -0.25) is 4.90 Å². The van der Waals surface area contributed by atoms with Crippen molar-refractivity contribution in [1.29, 1.82) is 0 Å². The SMILES string of the molecule is C[C@H](CN1CCOCC1)[C@H]1CCC2C3CC=C4C(C)(C)[C@@H](O)CC[C@]4(C)C3CC[C@@]21C. The maximum Gasteiger partial charge on any atom is 0.0628 e. The standard InChI is InChI=1S/C28H47NO2/c1-19(18-29-14-16-31-17-15-29)21-7-8-22-20-6-9-24-26(2,3)25(30)11-13-28(24,5)23(20)10-12-27(21,22)4/h9,19-23,25,30H,6-8,10-18H2,1-5H3/t19-,20?,21-,22?,23?,25+,27-,28-/m1/s1. The molecule has 3 unspecified atom stereocenters. The van der Waals surface area contributed by atoms with Crippen LogP contribution in [0.25, 0.3) is 0 Å². The summed E-state index contributed by atoms with van der Waals surface area (Å²) in [6, 6.07) is 0. The summed E-state index contributed by atoms with van der Waals surface area (Å²) in [7, 11) is 0. The summed E-state index contributed by atoms with van der Waals surface area (Å²) in [5.41, 5.74) is 2.38. The van der Waals surface area contributed by atoms with Gasteiger partial charge in [0.1, 0.15) is 0 Å². The first kappa shape index (κ1) is 22.4. The first-order valence-corrected chi connectivity index (χ1v) is 13.4. The molecule has 0 bridgehead atoms. The van der Waals surface area contributed by atoms with Crippen molar-refractivity contribution < 1.29 is 9.84 Å². The highest BCUT2D eigenvalue weighted by atomic mass is 16.5. The Balaban J connectivity index is 1.36. The monoisotopic (exact) mass is 429 g/mol. The predicted molar refractivity (Wildman–Crippen MR) is 127 cm³/mol. The molecule has 3 heteroatoms. The highest BCUT2D eigenvalue weighted by molar-refractivity contribution is 5.31. The Morgan fingerprint density at radius 3 is 2.52 bits per heavy atom. The molecule has 8 atom stereocenters. The lowest BCUT2D eigenvalue weighted by Gasteiger charge is -2.61. The number of ether oxygens (including phenoxy) is 1. The van der Waals surface area contributed by atoms with Gasteiger partial charge in [-0.25, -0.2) is 0 Å². The Morgan fingerprint density at radius 2 is 1.77 bits per heavy atom. The highest BCUT2D eigenvalue weighted by Gasteiger charge is 2.61. The summed E-state index contributed by atoms with van der Waals surface area (Å²) >= 11 is 0. The molecular formula is C28H47NO2. The number of fused-ring (bicyclic) bond motifs is 5. The molecule has 0 aromatic rings. The molecule has 31 heavy (non-hydrogen) atoms. The fourth-order valence-electron chi connectivity index (χ4n) is 9.68. The number of aliphatic hydroxyl groups excluding tert-OH is 1. The van der Waals surface area contributed by atoms with Crippen molar-refractivity contribution in [3.63, 3.8) is 0 Å². The Bertz CT molecular complexity index is 710. The lowest BCUT2D eigenvalue weighted by atomic mass is 9.44. The van der Waals surface area contributed by atoms with Crippen LogP contribution in [-0.4, -0.2) is 49.0 Å². The fraction of sp³-hybridized carbons (Fsp3) is 0.929. The van der Waals surface area contributed by atoms with Gasteiger partial charge in [-0.15, -0.1) is 0 Å².